The number of hydrogen-bond acceptors (Lipinski definition) is 3. The first-order chi connectivity index (χ1) is 9.74. The first-order valence-electron chi connectivity index (χ1n) is 7.11. The maximum Gasteiger partial charge on any atom is 0.195 e. The van der Waals surface area contributed by atoms with Crippen LogP contribution in [0.3, 0.4) is 0 Å². The first kappa shape index (κ1) is 19.8. The highest BCUT2D eigenvalue weighted by molar-refractivity contribution is 14.0. The fourth-order valence-electron chi connectivity index (χ4n) is 1.69. The van der Waals surface area contributed by atoms with Gasteiger partial charge in [-0.05, 0) is 32.4 Å². The van der Waals surface area contributed by atoms with Crippen molar-refractivity contribution in [3.63, 3.8) is 0 Å². The Hall–Kier alpha value is -1.18. The second kappa shape index (κ2) is 11.5. The molecule has 0 aliphatic carbocycles. The van der Waals surface area contributed by atoms with Crippen LogP contribution in [0.4, 0.5) is 5.69 Å². The summed E-state index contributed by atoms with van der Waals surface area (Å²) in [6.45, 7) is 8.33. The summed E-state index contributed by atoms with van der Waals surface area (Å²) in [7, 11) is 1.64. The zero-order chi connectivity index (χ0) is 14.8. The molecule has 120 valence electrons. The molecule has 0 heterocycles. The molecule has 1 aromatic carbocycles. The smallest absolute Gasteiger partial charge is 0.195 e. The van der Waals surface area contributed by atoms with E-state index in [0.717, 1.165) is 36.9 Å². The maximum absolute atomic E-state index is 5.50. The highest BCUT2D eigenvalue weighted by Gasteiger charge is 2.06. The second-order valence-electron chi connectivity index (χ2n) is 4.18. The molecule has 0 spiro atoms. The predicted molar refractivity (Wildman–Crippen MR) is 99.5 cm³/mol. The zero-order valence-corrected chi connectivity index (χ0v) is 15.6. The molecule has 0 amide bonds. The fraction of sp³-hybridized carbons (Fsp3) is 0.533. The van der Waals surface area contributed by atoms with E-state index in [4.69, 9.17) is 9.47 Å². The van der Waals surface area contributed by atoms with E-state index < -0.39 is 0 Å². The minimum absolute atomic E-state index is 0. The topological polar surface area (TPSA) is 54.9 Å². The highest BCUT2D eigenvalue weighted by atomic mass is 127. The number of aliphatic imine (C=N–C) groups is 1. The molecular formula is C15H26IN3O2. The van der Waals surface area contributed by atoms with Crippen molar-refractivity contribution in [1.29, 1.82) is 0 Å². The van der Waals surface area contributed by atoms with Gasteiger partial charge in [0.25, 0.3) is 0 Å². The molecule has 0 atom stereocenters. The van der Waals surface area contributed by atoms with Crippen LogP contribution in [-0.4, -0.2) is 32.8 Å². The molecule has 0 radical (unpaired) electrons. The Kier molecular flexibility index (Phi) is 10.8. The summed E-state index contributed by atoms with van der Waals surface area (Å²) < 4.78 is 10.8. The van der Waals surface area contributed by atoms with Gasteiger partial charge < -0.3 is 20.1 Å². The molecule has 2 N–H and O–H groups in total. The number of hydrogen-bond donors (Lipinski definition) is 2. The Bertz CT molecular complexity index is 439. The van der Waals surface area contributed by atoms with Crippen LogP contribution in [0.15, 0.2) is 23.2 Å². The van der Waals surface area contributed by atoms with Crippen molar-refractivity contribution in [2.24, 2.45) is 4.99 Å². The number of rotatable bonds is 7. The van der Waals surface area contributed by atoms with Crippen molar-refractivity contribution in [3.8, 4) is 11.5 Å². The Balaban J connectivity index is 0.00000400. The summed E-state index contributed by atoms with van der Waals surface area (Å²) in [4.78, 5) is 4.46. The van der Waals surface area contributed by atoms with Gasteiger partial charge in [0, 0.05) is 24.8 Å². The van der Waals surface area contributed by atoms with E-state index in [1.165, 1.54) is 0 Å². The quantitative estimate of drug-likeness (QED) is 0.413. The molecule has 5 nitrogen and oxygen atoms in total. The minimum atomic E-state index is 0. The van der Waals surface area contributed by atoms with Crippen molar-refractivity contribution >= 4 is 35.6 Å². The van der Waals surface area contributed by atoms with Gasteiger partial charge in [0.1, 0.15) is 0 Å². The van der Waals surface area contributed by atoms with Crippen molar-refractivity contribution in [2.75, 3.05) is 32.1 Å². The van der Waals surface area contributed by atoms with Crippen LogP contribution in [-0.2, 0) is 0 Å². The fourth-order valence-corrected chi connectivity index (χ4v) is 1.69. The number of guanidine groups is 1. The summed E-state index contributed by atoms with van der Waals surface area (Å²) in [5.74, 6) is 2.24. The lowest BCUT2D eigenvalue weighted by molar-refractivity contribution is 0.311. The molecule has 0 unspecified atom stereocenters. The van der Waals surface area contributed by atoms with Crippen LogP contribution >= 0.6 is 24.0 Å². The third-order valence-electron chi connectivity index (χ3n) is 2.56. The van der Waals surface area contributed by atoms with Gasteiger partial charge in [-0.3, -0.25) is 4.99 Å². The largest absolute Gasteiger partial charge is 0.493 e. The number of nitrogens with one attached hydrogen (secondary N) is 2. The predicted octanol–water partition coefficient (Wildman–Crippen LogP) is 3.50. The van der Waals surface area contributed by atoms with E-state index in [1.54, 1.807) is 7.11 Å². The van der Waals surface area contributed by atoms with Crippen LogP contribution in [0.2, 0.25) is 0 Å². The third kappa shape index (κ3) is 6.88. The number of anilines is 1. The number of benzene rings is 1. The van der Waals surface area contributed by atoms with E-state index in [-0.39, 0.29) is 24.0 Å². The van der Waals surface area contributed by atoms with E-state index in [9.17, 15) is 0 Å². The van der Waals surface area contributed by atoms with Gasteiger partial charge >= 0.3 is 0 Å². The molecule has 21 heavy (non-hydrogen) atoms. The molecule has 0 aliphatic heterocycles. The average molecular weight is 407 g/mol. The second-order valence-corrected chi connectivity index (χ2v) is 4.18. The van der Waals surface area contributed by atoms with Gasteiger partial charge in [-0.25, -0.2) is 0 Å². The Morgan fingerprint density at radius 3 is 2.52 bits per heavy atom. The third-order valence-corrected chi connectivity index (χ3v) is 2.56. The van der Waals surface area contributed by atoms with Gasteiger partial charge in [-0.1, -0.05) is 6.92 Å². The van der Waals surface area contributed by atoms with E-state index in [2.05, 4.69) is 22.5 Å². The van der Waals surface area contributed by atoms with E-state index >= 15 is 0 Å². The van der Waals surface area contributed by atoms with Crippen molar-refractivity contribution in [2.45, 2.75) is 27.2 Å². The summed E-state index contributed by atoms with van der Waals surface area (Å²) >= 11 is 0. The van der Waals surface area contributed by atoms with Crippen LogP contribution in [0, 0.1) is 0 Å². The molecule has 0 aromatic heterocycles. The molecule has 1 aromatic rings. The lowest BCUT2D eigenvalue weighted by atomic mass is 10.2. The normalized spacial score (nSPS) is 10.6. The van der Waals surface area contributed by atoms with Crippen molar-refractivity contribution in [3.05, 3.63) is 18.2 Å². The van der Waals surface area contributed by atoms with Crippen LogP contribution in [0.1, 0.15) is 27.2 Å². The lowest BCUT2D eigenvalue weighted by Gasteiger charge is -2.14. The van der Waals surface area contributed by atoms with Crippen LogP contribution in [0.5, 0.6) is 11.5 Å². The van der Waals surface area contributed by atoms with Gasteiger partial charge in [-0.15, -0.1) is 24.0 Å². The molecule has 0 saturated carbocycles. The highest BCUT2D eigenvalue weighted by Crippen LogP contribution is 2.30. The van der Waals surface area contributed by atoms with Gasteiger partial charge in [-0.2, -0.15) is 0 Å². The molecule has 0 fully saturated rings. The molecule has 1 rings (SSSR count). The Labute approximate surface area is 144 Å². The van der Waals surface area contributed by atoms with Gasteiger partial charge in [0.2, 0.25) is 0 Å². The molecule has 0 aliphatic rings. The first-order valence-corrected chi connectivity index (χ1v) is 7.11. The molecular weight excluding hydrogens is 381 g/mol. The molecule has 0 bridgehead atoms. The van der Waals surface area contributed by atoms with Crippen LogP contribution in [0.25, 0.3) is 0 Å². The van der Waals surface area contributed by atoms with Crippen molar-refractivity contribution < 1.29 is 9.47 Å². The van der Waals surface area contributed by atoms with Gasteiger partial charge in [0.15, 0.2) is 17.5 Å². The molecule has 6 heteroatoms. The maximum atomic E-state index is 5.50. The monoisotopic (exact) mass is 407 g/mol. The van der Waals surface area contributed by atoms with E-state index in [1.807, 2.05) is 32.0 Å². The minimum Gasteiger partial charge on any atom is -0.493 e. The van der Waals surface area contributed by atoms with E-state index in [0.29, 0.717) is 12.4 Å². The number of halogens is 1. The Morgan fingerprint density at radius 1 is 1.19 bits per heavy atom. The molecule has 0 saturated heterocycles. The summed E-state index contributed by atoms with van der Waals surface area (Å²) in [5, 5.41) is 6.47. The van der Waals surface area contributed by atoms with Crippen molar-refractivity contribution in [1.82, 2.24) is 5.32 Å². The lowest BCUT2D eigenvalue weighted by Crippen LogP contribution is -2.30. The van der Waals surface area contributed by atoms with Gasteiger partial charge in [0.05, 0.1) is 13.7 Å². The SMILES string of the molecule is CCCN=C(NCC)Nc1ccc(OCC)c(OC)c1.I. The average Bonchev–Trinajstić information content (AvgIpc) is 2.46. The summed E-state index contributed by atoms with van der Waals surface area (Å²) in [6.07, 6.45) is 1.02. The summed E-state index contributed by atoms with van der Waals surface area (Å²) in [6, 6.07) is 5.75. The number of ether oxygens (including phenoxy) is 2. The summed E-state index contributed by atoms with van der Waals surface area (Å²) in [5.41, 5.74) is 0.918. The zero-order valence-electron chi connectivity index (χ0n) is 13.2. The van der Waals surface area contributed by atoms with Crippen LogP contribution < -0.4 is 20.1 Å². The standard InChI is InChI=1S/C15H25N3O2.HI/c1-5-10-17-15(16-6-2)18-12-8-9-13(20-7-3)14(11-12)19-4;/h8-9,11H,5-7,10H2,1-4H3,(H2,16,17,18);1H. The Morgan fingerprint density at radius 2 is 1.95 bits per heavy atom. The number of nitrogens with zero attached hydrogens (tertiary/aromatic N) is 1. The number of methoxy groups -OCH3 is 1.